The van der Waals surface area contributed by atoms with E-state index in [1.807, 2.05) is 30.3 Å². The molecule has 1 heterocycles. The minimum atomic E-state index is -0.202. The molecule has 106 valence electrons. The summed E-state index contributed by atoms with van der Waals surface area (Å²) in [5, 5.41) is 8.78. The first-order chi connectivity index (χ1) is 9.65. The number of hydrogen-bond acceptors (Lipinski definition) is 4. The van der Waals surface area contributed by atoms with Gasteiger partial charge in [-0.3, -0.25) is 14.3 Å². The third-order valence-corrected chi connectivity index (χ3v) is 3.26. The first kappa shape index (κ1) is 14.6. The molecule has 0 fully saturated rings. The van der Waals surface area contributed by atoms with E-state index in [-0.39, 0.29) is 25.5 Å². The second-order valence-corrected chi connectivity index (χ2v) is 4.67. The summed E-state index contributed by atoms with van der Waals surface area (Å²) in [7, 11) is 0. The van der Waals surface area contributed by atoms with Crippen LogP contribution in [0.4, 0.5) is 0 Å². The van der Waals surface area contributed by atoms with Gasteiger partial charge in [0.05, 0.1) is 18.9 Å². The molecule has 0 spiro atoms. The number of hydrogen-bond donors (Lipinski definition) is 2. The number of benzene rings is 1. The van der Waals surface area contributed by atoms with Gasteiger partial charge >= 0.3 is 0 Å². The van der Waals surface area contributed by atoms with Crippen molar-refractivity contribution < 1.29 is 9.84 Å². The Morgan fingerprint density at radius 3 is 2.70 bits per heavy atom. The van der Waals surface area contributed by atoms with Crippen LogP contribution >= 0.6 is 12.2 Å². The summed E-state index contributed by atoms with van der Waals surface area (Å²) in [5.41, 5.74) is 2.01. The maximum absolute atomic E-state index is 11.9. The van der Waals surface area contributed by atoms with Crippen molar-refractivity contribution in [2.45, 2.75) is 13.7 Å². The van der Waals surface area contributed by atoms with E-state index in [0.717, 1.165) is 11.3 Å². The zero-order valence-electron chi connectivity index (χ0n) is 11.1. The molecule has 1 aromatic heterocycles. The van der Waals surface area contributed by atoms with Crippen LogP contribution in [0.1, 0.15) is 5.56 Å². The van der Waals surface area contributed by atoms with Gasteiger partial charge in [-0.1, -0.05) is 30.3 Å². The lowest BCUT2D eigenvalue weighted by Gasteiger charge is -2.16. The van der Waals surface area contributed by atoms with Crippen molar-refractivity contribution in [1.29, 1.82) is 0 Å². The SMILES string of the molecule is Cc1c(-c2ccccc2)n(COCCO)c(=S)[nH]c1=O. The van der Waals surface area contributed by atoms with E-state index < -0.39 is 0 Å². The highest BCUT2D eigenvalue weighted by Gasteiger charge is 2.11. The average molecular weight is 292 g/mol. The number of rotatable bonds is 5. The van der Waals surface area contributed by atoms with Crippen molar-refractivity contribution in [2.24, 2.45) is 0 Å². The lowest BCUT2D eigenvalue weighted by molar-refractivity contribution is 0.0474. The first-order valence-electron chi connectivity index (χ1n) is 6.23. The summed E-state index contributed by atoms with van der Waals surface area (Å²) in [6.07, 6.45) is 0. The highest BCUT2D eigenvalue weighted by molar-refractivity contribution is 7.71. The largest absolute Gasteiger partial charge is 0.394 e. The fraction of sp³-hybridized carbons (Fsp3) is 0.286. The Hall–Kier alpha value is -1.76. The summed E-state index contributed by atoms with van der Waals surface area (Å²) in [5.74, 6) is 0. The van der Waals surface area contributed by atoms with Crippen LogP contribution in [0.2, 0.25) is 0 Å². The Morgan fingerprint density at radius 2 is 2.05 bits per heavy atom. The van der Waals surface area contributed by atoms with Gasteiger partial charge in [-0.2, -0.15) is 0 Å². The van der Waals surface area contributed by atoms with Crippen molar-refractivity contribution in [3.05, 3.63) is 51.0 Å². The Morgan fingerprint density at radius 1 is 1.35 bits per heavy atom. The molecule has 0 aliphatic rings. The van der Waals surface area contributed by atoms with Gasteiger partial charge in [-0.25, -0.2) is 0 Å². The van der Waals surface area contributed by atoms with Crippen molar-refractivity contribution in [3.8, 4) is 11.3 Å². The van der Waals surface area contributed by atoms with Crippen LogP contribution < -0.4 is 5.56 Å². The third kappa shape index (κ3) is 3.04. The monoisotopic (exact) mass is 292 g/mol. The third-order valence-electron chi connectivity index (χ3n) is 2.93. The van der Waals surface area contributed by atoms with Crippen molar-refractivity contribution in [3.63, 3.8) is 0 Å². The topological polar surface area (TPSA) is 67.2 Å². The summed E-state index contributed by atoms with van der Waals surface area (Å²) in [4.78, 5) is 14.5. The quantitative estimate of drug-likeness (QED) is 0.652. The standard InChI is InChI=1S/C14H16N2O3S/c1-10-12(11-5-3-2-4-6-11)16(9-19-8-7-17)14(20)15-13(10)18/h2-6,17H,7-9H2,1H3,(H,15,18,20). The van der Waals surface area contributed by atoms with Gasteiger partial charge in [0, 0.05) is 5.56 Å². The number of aliphatic hydroxyl groups excluding tert-OH is 1. The van der Waals surface area contributed by atoms with Gasteiger partial charge in [0.2, 0.25) is 0 Å². The smallest absolute Gasteiger partial charge is 0.255 e. The Kier molecular flexibility index (Phi) is 4.84. The fourth-order valence-electron chi connectivity index (χ4n) is 1.98. The molecule has 0 aliphatic carbocycles. The fourth-order valence-corrected chi connectivity index (χ4v) is 2.22. The molecule has 2 aromatic rings. The molecular formula is C14H16N2O3S. The molecule has 5 nitrogen and oxygen atoms in total. The van der Waals surface area contributed by atoms with Crippen LogP contribution in [0.3, 0.4) is 0 Å². The van der Waals surface area contributed by atoms with Gasteiger partial charge in [0.1, 0.15) is 6.73 Å². The van der Waals surface area contributed by atoms with Crippen LogP contribution in [0, 0.1) is 11.7 Å². The maximum Gasteiger partial charge on any atom is 0.255 e. The van der Waals surface area contributed by atoms with Gasteiger partial charge in [-0.05, 0) is 24.7 Å². The number of nitrogens with zero attached hydrogens (tertiary/aromatic N) is 1. The lowest BCUT2D eigenvalue weighted by atomic mass is 10.1. The van der Waals surface area contributed by atoms with Crippen molar-refractivity contribution in [1.82, 2.24) is 9.55 Å². The molecule has 0 saturated carbocycles. The van der Waals surface area contributed by atoms with Crippen LogP contribution in [0.25, 0.3) is 11.3 Å². The minimum absolute atomic E-state index is 0.0592. The number of aromatic nitrogens is 2. The van der Waals surface area contributed by atoms with Crippen LogP contribution in [0.5, 0.6) is 0 Å². The average Bonchev–Trinajstić information content (AvgIpc) is 2.45. The maximum atomic E-state index is 11.9. The molecule has 0 unspecified atom stereocenters. The van der Waals surface area contributed by atoms with E-state index in [9.17, 15) is 4.79 Å². The van der Waals surface area contributed by atoms with Crippen LogP contribution in [-0.2, 0) is 11.5 Å². The molecule has 2 N–H and O–H groups in total. The summed E-state index contributed by atoms with van der Waals surface area (Å²) in [6.45, 7) is 2.09. The van der Waals surface area contributed by atoms with Crippen molar-refractivity contribution in [2.75, 3.05) is 13.2 Å². The number of aliphatic hydroxyl groups is 1. The van der Waals surface area contributed by atoms with Gasteiger partial charge in [0.15, 0.2) is 4.77 Å². The van der Waals surface area contributed by atoms with Crippen LogP contribution in [0.15, 0.2) is 35.1 Å². The number of nitrogens with one attached hydrogen (secondary N) is 1. The number of ether oxygens (including phenoxy) is 1. The Balaban J connectivity index is 2.58. The van der Waals surface area contributed by atoms with E-state index in [4.69, 9.17) is 22.1 Å². The molecule has 6 heteroatoms. The normalized spacial score (nSPS) is 10.7. The first-order valence-corrected chi connectivity index (χ1v) is 6.63. The van der Waals surface area contributed by atoms with E-state index in [2.05, 4.69) is 4.98 Å². The Bertz CT molecular complexity index is 692. The minimum Gasteiger partial charge on any atom is -0.394 e. The lowest BCUT2D eigenvalue weighted by Crippen LogP contribution is -2.20. The molecule has 20 heavy (non-hydrogen) atoms. The van der Waals surface area contributed by atoms with Crippen LogP contribution in [-0.4, -0.2) is 27.9 Å². The van der Waals surface area contributed by atoms with Gasteiger partial charge in [-0.15, -0.1) is 0 Å². The molecule has 0 aliphatic heterocycles. The molecule has 0 amide bonds. The van der Waals surface area contributed by atoms with Crippen molar-refractivity contribution >= 4 is 12.2 Å². The van der Waals surface area contributed by atoms with E-state index in [1.54, 1.807) is 11.5 Å². The zero-order chi connectivity index (χ0) is 14.5. The zero-order valence-corrected chi connectivity index (χ0v) is 11.9. The highest BCUT2D eigenvalue weighted by Crippen LogP contribution is 2.21. The second-order valence-electron chi connectivity index (χ2n) is 4.29. The molecule has 2 rings (SSSR count). The molecule has 0 radical (unpaired) electrons. The van der Waals surface area contributed by atoms with Gasteiger partial charge < -0.3 is 9.84 Å². The second kappa shape index (κ2) is 6.60. The number of aromatic amines is 1. The van der Waals surface area contributed by atoms with E-state index >= 15 is 0 Å². The van der Waals surface area contributed by atoms with Gasteiger partial charge in [0.25, 0.3) is 5.56 Å². The van der Waals surface area contributed by atoms with E-state index in [0.29, 0.717) is 10.3 Å². The molecular weight excluding hydrogens is 276 g/mol. The molecule has 0 atom stereocenters. The summed E-state index contributed by atoms with van der Waals surface area (Å²) >= 11 is 5.20. The highest BCUT2D eigenvalue weighted by atomic mass is 32.1. The molecule has 1 aromatic carbocycles. The molecule has 0 saturated heterocycles. The number of H-pyrrole nitrogens is 1. The summed E-state index contributed by atoms with van der Waals surface area (Å²) < 4.78 is 7.35. The predicted molar refractivity (Wildman–Crippen MR) is 79.1 cm³/mol. The Labute approximate surface area is 121 Å². The summed E-state index contributed by atoms with van der Waals surface area (Å²) in [6, 6.07) is 9.54. The molecule has 0 bridgehead atoms. The predicted octanol–water partition coefficient (Wildman–Crippen LogP) is 1.85. The van der Waals surface area contributed by atoms with E-state index in [1.165, 1.54) is 0 Å².